The average Bonchev–Trinajstić information content (AvgIpc) is 2.40. The lowest BCUT2D eigenvalue weighted by atomic mass is 10.0. The van der Waals surface area contributed by atoms with Crippen LogP contribution in [-0.4, -0.2) is 17.6 Å². The van der Waals surface area contributed by atoms with E-state index in [-0.39, 0.29) is 18.4 Å². The lowest BCUT2D eigenvalue weighted by Gasteiger charge is -2.16. The summed E-state index contributed by atoms with van der Waals surface area (Å²) in [6, 6.07) is 5.89. The molecule has 0 bridgehead atoms. The molecule has 106 valence electrons. The number of aliphatic hydroxyl groups is 1. The van der Waals surface area contributed by atoms with Crippen LogP contribution < -0.4 is 5.32 Å². The number of aliphatic hydroxyl groups excluding tert-OH is 1. The highest BCUT2D eigenvalue weighted by molar-refractivity contribution is 5.78. The van der Waals surface area contributed by atoms with Gasteiger partial charge in [0.15, 0.2) is 0 Å². The molecule has 0 aromatic heterocycles. The fraction of sp³-hybridized carbons (Fsp3) is 0.562. The maximum Gasteiger partial charge on any atom is 0.223 e. The van der Waals surface area contributed by atoms with E-state index in [1.165, 1.54) is 5.56 Å². The molecule has 3 heteroatoms. The van der Waals surface area contributed by atoms with E-state index in [0.29, 0.717) is 0 Å². The van der Waals surface area contributed by atoms with E-state index in [1.807, 2.05) is 45.9 Å². The van der Waals surface area contributed by atoms with Crippen LogP contribution in [0.4, 0.5) is 0 Å². The predicted molar refractivity (Wildman–Crippen MR) is 78.0 cm³/mol. The Labute approximate surface area is 116 Å². The van der Waals surface area contributed by atoms with E-state index in [9.17, 15) is 9.90 Å². The first-order valence-electron chi connectivity index (χ1n) is 7.02. The van der Waals surface area contributed by atoms with Gasteiger partial charge >= 0.3 is 0 Å². The van der Waals surface area contributed by atoms with Crippen LogP contribution in [0.15, 0.2) is 18.2 Å². The first-order valence-corrected chi connectivity index (χ1v) is 7.02. The number of carbonyl (C=O) groups excluding carboxylic acids is 1. The van der Waals surface area contributed by atoms with Gasteiger partial charge in [0.2, 0.25) is 5.91 Å². The zero-order valence-electron chi connectivity index (χ0n) is 12.4. The molecular weight excluding hydrogens is 238 g/mol. The van der Waals surface area contributed by atoms with Crippen LogP contribution in [0.1, 0.15) is 49.5 Å². The Hall–Kier alpha value is -1.35. The fourth-order valence-electron chi connectivity index (χ4n) is 2.09. The molecule has 2 N–H and O–H groups in total. The number of nitrogens with one attached hydrogen (secondary N) is 1. The molecule has 0 aliphatic carbocycles. The van der Waals surface area contributed by atoms with Crippen molar-refractivity contribution in [1.82, 2.24) is 5.32 Å². The predicted octanol–water partition coefficient (Wildman–Crippen LogP) is 2.89. The Balaban J connectivity index is 2.57. The normalized spacial score (nSPS) is 12.5. The molecule has 1 rings (SSSR count). The molecule has 1 aromatic carbocycles. The summed E-state index contributed by atoms with van der Waals surface area (Å²) in [6.45, 7) is 8.35. The molecule has 3 nitrogen and oxygen atoms in total. The van der Waals surface area contributed by atoms with Crippen molar-refractivity contribution >= 4 is 5.91 Å². The van der Waals surface area contributed by atoms with Gasteiger partial charge in [-0.15, -0.1) is 0 Å². The van der Waals surface area contributed by atoms with Crippen molar-refractivity contribution in [3.05, 3.63) is 34.9 Å². The third-order valence-corrected chi connectivity index (χ3v) is 3.74. The second-order valence-corrected chi connectivity index (χ2v) is 5.12. The second-order valence-electron chi connectivity index (χ2n) is 5.12. The Bertz CT molecular complexity index is 425. The van der Waals surface area contributed by atoms with Crippen molar-refractivity contribution in [2.75, 3.05) is 6.54 Å². The highest BCUT2D eigenvalue weighted by atomic mass is 16.3. The first-order chi connectivity index (χ1) is 8.99. The summed E-state index contributed by atoms with van der Waals surface area (Å²) in [5.41, 5.74) is 3.22. The van der Waals surface area contributed by atoms with Crippen LogP contribution in [0.25, 0.3) is 0 Å². The maximum absolute atomic E-state index is 11.8. The maximum atomic E-state index is 11.8. The number of carbonyl (C=O) groups is 1. The summed E-state index contributed by atoms with van der Waals surface area (Å²) in [5.74, 6) is 0.0832. The molecule has 0 aliphatic heterocycles. The molecule has 0 radical (unpaired) electrons. The second kappa shape index (κ2) is 7.29. The topological polar surface area (TPSA) is 49.3 Å². The van der Waals surface area contributed by atoms with E-state index >= 15 is 0 Å². The van der Waals surface area contributed by atoms with Crippen molar-refractivity contribution in [2.24, 2.45) is 5.92 Å². The third-order valence-electron chi connectivity index (χ3n) is 3.74. The minimum absolute atomic E-state index is 0.0351. The summed E-state index contributed by atoms with van der Waals surface area (Å²) in [6.07, 6.45) is 1.03. The van der Waals surface area contributed by atoms with Crippen LogP contribution in [0, 0.1) is 19.8 Å². The molecule has 1 unspecified atom stereocenters. The largest absolute Gasteiger partial charge is 0.387 e. The van der Waals surface area contributed by atoms with Crippen molar-refractivity contribution < 1.29 is 9.90 Å². The van der Waals surface area contributed by atoms with E-state index in [0.717, 1.165) is 24.0 Å². The van der Waals surface area contributed by atoms with Crippen LogP contribution >= 0.6 is 0 Å². The lowest BCUT2D eigenvalue weighted by molar-refractivity contribution is -0.125. The van der Waals surface area contributed by atoms with Gasteiger partial charge in [-0.2, -0.15) is 0 Å². The van der Waals surface area contributed by atoms with Gasteiger partial charge in [0.05, 0.1) is 6.10 Å². The summed E-state index contributed by atoms with van der Waals surface area (Å²) in [5, 5.41) is 12.9. The quantitative estimate of drug-likeness (QED) is 0.829. The minimum Gasteiger partial charge on any atom is -0.387 e. The highest BCUT2D eigenvalue weighted by Gasteiger charge is 2.16. The van der Waals surface area contributed by atoms with Crippen LogP contribution in [-0.2, 0) is 4.79 Å². The molecule has 0 spiro atoms. The number of rotatable bonds is 6. The zero-order chi connectivity index (χ0) is 14.4. The molecule has 1 amide bonds. The van der Waals surface area contributed by atoms with E-state index in [1.54, 1.807) is 0 Å². The van der Waals surface area contributed by atoms with Gasteiger partial charge < -0.3 is 10.4 Å². The molecular formula is C16H25NO2. The molecule has 1 atom stereocenters. The molecule has 19 heavy (non-hydrogen) atoms. The van der Waals surface area contributed by atoms with Gasteiger partial charge in [0.25, 0.3) is 0 Å². The molecule has 0 heterocycles. The van der Waals surface area contributed by atoms with Crippen LogP contribution in [0.5, 0.6) is 0 Å². The van der Waals surface area contributed by atoms with Gasteiger partial charge in [-0.25, -0.2) is 0 Å². The monoisotopic (exact) mass is 263 g/mol. The fourth-order valence-corrected chi connectivity index (χ4v) is 2.09. The zero-order valence-corrected chi connectivity index (χ0v) is 12.4. The Morgan fingerprint density at radius 2 is 1.84 bits per heavy atom. The molecule has 0 fully saturated rings. The smallest absolute Gasteiger partial charge is 0.223 e. The Morgan fingerprint density at radius 1 is 1.21 bits per heavy atom. The van der Waals surface area contributed by atoms with Crippen molar-refractivity contribution in [2.45, 2.75) is 46.6 Å². The number of hydrogen-bond donors (Lipinski definition) is 2. The van der Waals surface area contributed by atoms with Gasteiger partial charge in [0, 0.05) is 12.5 Å². The lowest BCUT2D eigenvalue weighted by Crippen LogP contribution is -2.33. The van der Waals surface area contributed by atoms with Crippen LogP contribution in [0.3, 0.4) is 0 Å². The number of hydrogen-bond acceptors (Lipinski definition) is 2. The summed E-state index contributed by atoms with van der Waals surface area (Å²) in [4.78, 5) is 11.8. The van der Waals surface area contributed by atoms with Gasteiger partial charge in [-0.1, -0.05) is 32.0 Å². The number of amides is 1. The molecule has 1 aromatic rings. The summed E-state index contributed by atoms with van der Waals surface area (Å²) < 4.78 is 0. The SMILES string of the molecule is CCC(CC)C(=O)NCC(O)c1ccc(C)c(C)c1. The standard InChI is InChI=1S/C16H25NO2/c1-5-13(6-2)16(19)17-10-15(18)14-8-7-11(3)12(4)9-14/h7-9,13,15,18H,5-6,10H2,1-4H3,(H,17,19). The molecule has 0 saturated heterocycles. The number of benzene rings is 1. The van der Waals surface area contributed by atoms with Crippen molar-refractivity contribution in [3.8, 4) is 0 Å². The first kappa shape index (κ1) is 15.7. The van der Waals surface area contributed by atoms with Crippen LogP contribution in [0.2, 0.25) is 0 Å². The Kier molecular flexibility index (Phi) is 6.03. The van der Waals surface area contributed by atoms with Crippen molar-refractivity contribution in [1.29, 1.82) is 0 Å². The third kappa shape index (κ3) is 4.35. The van der Waals surface area contributed by atoms with Gasteiger partial charge in [-0.3, -0.25) is 4.79 Å². The van der Waals surface area contributed by atoms with E-state index in [4.69, 9.17) is 0 Å². The highest BCUT2D eigenvalue weighted by Crippen LogP contribution is 2.17. The molecule has 0 aliphatic rings. The van der Waals surface area contributed by atoms with E-state index < -0.39 is 6.10 Å². The number of aryl methyl sites for hydroxylation is 2. The summed E-state index contributed by atoms with van der Waals surface area (Å²) >= 11 is 0. The minimum atomic E-state index is -0.641. The summed E-state index contributed by atoms with van der Waals surface area (Å²) in [7, 11) is 0. The molecule has 0 saturated carbocycles. The van der Waals surface area contributed by atoms with Gasteiger partial charge in [0.1, 0.15) is 0 Å². The van der Waals surface area contributed by atoms with Crippen molar-refractivity contribution in [3.63, 3.8) is 0 Å². The van der Waals surface area contributed by atoms with E-state index in [2.05, 4.69) is 5.32 Å². The van der Waals surface area contributed by atoms with Gasteiger partial charge in [-0.05, 0) is 43.4 Å². The average molecular weight is 263 g/mol. The Morgan fingerprint density at radius 3 is 2.37 bits per heavy atom.